The second-order valence-electron chi connectivity index (χ2n) is 5.44. The Morgan fingerprint density at radius 1 is 1.25 bits per heavy atom. The molecule has 1 N–H and O–H groups in total. The first kappa shape index (κ1) is 15.9. The maximum atomic E-state index is 12.4. The second-order valence-corrected chi connectivity index (χ2v) is 5.44. The van der Waals surface area contributed by atoms with Crippen molar-refractivity contribution in [2.75, 3.05) is 36.5 Å². The Bertz CT molecular complexity index is 777. The number of nitrogens with one attached hydrogen (secondary N) is 1. The minimum Gasteiger partial charge on any atom is -0.378 e. The second kappa shape index (κ2) is 7.06. The molecule has 1 aliphatic heterocycles. The first-order valence-electron chi connectivity index (χ1n) is 7.65. The third kappa shape index (κ3) is 3.67. The van der Waals surface area contributed by atoms with Crippen LogP contribution in [0.3, 0.4) is 0 Å². The Balaban J connectivity index is 1.78. The van der Waals surface area contributed by atoms with Crippen molar-refractivity contribution in [2.24, 2.45) is 0 Å². The molecule has 7 heteroatoms. The van der Waals surface area contributed by atoms with Crippen LogP contribution in [0.25, 0.3) is 0 Å². The predicted molar refractivity (Wildman–Crippen MR) is 88.9 cm³/mol. The number of nitrogens with zero attached hydrogens (tertiary/aromatic N) is 4. The number of amides is 1. The first-order valence-corrected chi connectivity index (χ1v) is 7.65. The van der Waals surface area contributed by atoms with E-state index >= 15 is 0 Å². The van der Waals surface area contributed by atoms with Crippen molar-refractivity contribution in [1.29, 1.82) is 5.26 Å². The smallest absolute Gasteiger partial charge is 0.274 e. The van der Waals surface area contributed by atoms with Crippen molar-refractivity contribution in [1.82, 2.24) is 9.97 Å². The number of rotatable bonds is 3. The van der Waals surface area contributed by atoms with Gasteiger partial charge in [-0.1, -0.05) is 0 Å². The molecule has 24 heavy (non-hydrogen) atoms. The van der Waals surface area contributed by atoms with Crippen LogP contribution in [0.2, 0.25) is 0 Å². The monoisotopic (exact) mass is 323 g/mol. The van der Waals surface area contributed by atoms with Gasteiger partial charge in [0.25, 0.3) is 5.91 Å². The van der Waals surface area contributed by atoms with Crippen molar-refractivity contribution in [3.63, 3.8) is 0 Å². The Kier molecular flexibility index (Phi) is 4.68. The topological polar surface area (TPSA) is 91.1 Å². The van der Waals surface area contributed by atoms with E-state index in [0.717, 1.165) is 5.69 Å². The fourth-order valence-electron chi connectivity index (χ4n) is 2.40. The highest BCUT2D eigenvalue weighted by molar-refractivity contribution is 6.03. The number of benzene rings is 1. The summed E-state index contributed by atoms with van der Waals surface area (Å²) in [5.74, 6) is 0.239. The van der Waals surface area contributed by atoms with Crippen LogP contribution in [0.15, 0.2) is 30.3 Å². The Morgan fingerprint density at radius 2 is 1.96 bits per heavy atom. The van der Waals surface area contributed by atoms with Crippen LogP contribution in [0.5, 0.6) is 0 Å². The summed E-state index contributed by atoms with van der Waals surface area (Å²) in [4.78, 5) is 23.2. The molecule has 1 aliphatic rings. The van der Waals surface area contributed by atoms with Gasteiger partial charge in [-0.15, -0.1) is 0 Å². The number of carbonyl (C=O) groups is 1. The molecule has 0 spiro atoms. The summed E-state index contributed by atoms with van der Waals surface area (Å²) in [5, 5.41) is 11.6. The van der Waals surface area contributed by atoms with Gasteiger partial charge in [0.15, 0.2) is 0 Å². The summed E-state index contributed by atoms with van der Waals surface area (Å²) in [5.41, 5.74) is 2.20. The molecule has 3 rings (SSSR count). The van der Waals surface area contributed by atoms with Crippen molar-refractivity contribution in [3.8, 4) is 6.07 Å². The van der Waals surface area contributed by atoms with Gasteiger partial charge in [-0.25, -0.2) is 9.97 Å². The highest BCUT2D eigenvalue weighted by Crippen LogP contribution is 2.14. The quantitative estimate of drug-likeness (QED) is 0.925. The molecule has 122 valence electrons. The summed E-state index contributed by atoms with van der Waals surface area (Å²) < 4.78 is 5.33. The van der Waals surface area contributed by atoms with Gasteiger partial charge in [-0.2, -0.15) is 5.26 Å². The molecular weight excluding hydrogens is 306 g/mol. The number of aryl methyl sites for hydroxylation is 1. The Morgan fingerprint density at radius 3 is 2.62 bits per heavy atom. The molecule has 0 aliphatic carbocycles. The maximum Gasteiger partial charge on any atom is 0.274 e. The number of ether oxygens (including phenoxy) is 1. The third-order valence-electron chi connectivity index (χ3n) is 3.64. The number of aromatic nitrogens is 2. The molecule has 7 nitrogen and oxygen atoms in total. The van der Waals surface area contributed by atoms with E-state index in [1.54, 1.807) is 30.3 Å². The number of hydrogen-bond donors (Lipinski definition) is 1. The minimum atomic E-state index is -0.306. The average molecular weight is 323 g/mol. The van der Waals surface area contributed by atoms with E-state index in [9.17, 15) is 4.79 Å². The van der Waals surface area contributed by atoms with Gasteiger partial charge in [0.1, 0.15) is 5.69 Å². The molecule has 0 unspecified atom stereocenters. The lowest BCUT2D eigenvalue weighted by Gasteiger charge is -2.27. The van der Waals surface area contributed by atoms with Gasteiger partial charge in [0.2, 0.25) is 5.95 Å². The van der Waals surface area contributed by atoms with E-state index < -0.39 is 0 Å². The normalized spacial score (nSPS) is 14.1. The summed E-state index contributed by atoms with van der Waals surface area (Å²) in [7, 11) is 0. The highest BCUT2D eigenvalue weighted by Gasteiger charge is 2.17. The summed E-state index contributed by atoms with van der Waals surface area (Å²) in [6.45, 7) is 4.51. The minimum absolute atomic E-state index is 0.306. The molecule has 0 bridgehead atoms. The molecule has 2 aromatic rings. The van der Waals surface area contributed by atoms with Gasteiger partial charge >= 0.3 is 0 Å². The van der Waals surface area contributed by atoms with E-state index in [1.807, 2.05) is 17.9 Å². The van der Waals surface area contributed by atoms with E-state index in [1.165, 1.54) is 0 Å². The Labute approximate surface area is 139 Å². The maximum absolute atomic E-state index is 12.4. The van der Waals surface area contributed by atoms with Gasteiger partial charge in [0.05, 0.1) is 24.8 Å². The molecule has 1 aromatic heterocycles. The summed E-state index contributed by atoms with van der Waals surface area (Å²) >= 11 is 0. The lowest BCUT2D eigenvalue weighted by atomic mass is 10.2. The van der Waals surface area contributed by atoms with E-state index in [-0.39, 0.29) is 5.91 Å². The van der Waals surface area contributed by atoms with Crippen LogP contribution < -0.4 is 10.2 Å². The lowest BCUT2D eigenvalue weighted by molar-refractivity contribution is 0.102. The van der Waals surface area contributed by atoms with Crippen LogP contribution in [0.4, 0.5) is 11.6 Å². The van der Waals surface area contributed by atoms with Crippen LogP contribution in [-0.4, -0.2) is 42.2 Å². The third-order valence-corrected chi connectivity index (χ3v) is 3.64. The molecule has 1 amide bonds. The molecule has 0 atom stereocenters. The molecule has 0 radical (unpaired) electrons. The number of hydrogen-bond acceptors (Lipinski definition) is 6. The van der Waals surface area contributed by atoms with Gasteiger partial charge in [-0.3, -0.25) is 4.79 Å². The standard InChI is InChI=1S/C17H17N5O2/c1-12-10-15(21-17(19-12)22-6-8-24-9-7-22)16(23)20-14-4-2-13(11-18)3-5-14/h2-5,10H,6-9H2,1H3,(H,20,23). The lowest BCUT2D eigenvalue weighted by Crippen LogP contribution is -2.37. The fraction of sp³-hybridized carbons (Fsp3) is 0.294. The number of nitriles is 1. The van der Waals surface area contributed by atoms with Crippen molar-refractivity contribution in [3.05, 3.63) is 47.3 Å². The molecule has 0 saturated carbocycles. The van der Waals surface area contributed by atoms with E-state index in [4.69, 9.17) is 10.00 Å². The van der Waals surface area contributed by atoms with Gasteiger partial charge in [0, 0.05) is 24.5 Å². The summed E-state index contributed by atoms with van der Waals surface area (Å²) in [6, 6.07) is 10.4. The fourth-order valence-corrected chi connectivity index (χ4v) is 2.40. The van der Waals surface area contributed by atoms with Crippen LogP contribution in [-0.2, 0) is 4.74 Å². The summed E-state index contributed by atoms with van der Waals surface area (Å²) in [6.07, 6.45) is 0. The number of carbonyl (C=O) groups excluding carboxylic acids is 1. The number of morpholine rings is 1. The zero-order chi connectivity index (χ0) is 16.9. The molecule has 1 aromatic carbocycles. The van der Waals surface area contributed by atoms with E-state index in [2.05, 4.69) is 15.3 Å². The van der Waals surface area contributed by atoms with Crippen LogP contribution in [0.1, 0.15) is 21.7 Å². The van der Waals surface area contributed by atoms with Crippen LogP contribution >= 0.6 is 0 Å². The van der Waals surface area contributed by atoms with Crippen molar-refractivity contribution in [2.45, 2.75) is 6.92 Å². The largest absolute Gasteiger partial charge is 0.378 e. The van der Waals surface area contributed by atoms with E-state index in [0.29, 0.717) is 49.2 Å². The first-order chi connectivity index (χ1) is 11.7. The molecule has 1 fully saturated rings. The number of anilines is 2. The average Bonchev–Trinajstić information content (AvgIpc) is 2.62. The zero-order valence-corrected chi connectivity index (χ0v) is 13.3. The predicted octanol–water partition coefficient (Wildman–Crippen LogP) is 1.75. The Hall–Kier alpha value is -2.98. The van der Waals surface area contributed by atoms with Gasteiger partial charge < -0.3 is 15.0 Å². The van der Waals surface area contributed by atoms with Gasteiger partial charge in [-0.05, 0) is 37.3 Å². The highest BCUT2D eigenvalue weighted by atomic mass is 16.5. The van der Waals surface area contributed by atoms with Crippen molar-refractivity contribution < 1.29 is 9.53 Å². The molecule has 1 saturated heterocycles. The van der Waals surface area contributed by atoms with Crippen LogP contribution in [0, 0.1) is 18.3 Å². The van der Waals surface area contributed by atoms with Crippen molar-refractivity contribution >= 4 is 17.5 Å². The SMILES string of the molecule is Cc1cc(C(=O)Nc2ccc(C#N)cc2)nc(N2CCOCC2)n1. The zero-order valence-electron chi connectivity index (χ0n) is 13.3. The molecular formula is C17H17N5O2. The molecule has 2 heterocycles.